The van der Waals surface area contributed by atoms with Crippen molar-refractivity contribution in [2.75, 3.05) is 0 Å². The van der Waals surface area contributed by atoms with E-state index >= 15 is 0 Å². The highest BCUT2D eigenvalue weighted by Crippen LogP contribution is 2.19. The van der Waals surface area contributed by atoms with Crippen LogP contribution < -0.4 is 0 Å². The van der Waals surface area contributed by atoms with Crippen molar-refractivity contribution in [2.24, 2.45) is 7.05 Å². The van der Waals surface area contributed by atoms with Gasteiger partial charge in [0, 0.05) is 36.9 Å². The predicted molar refractivity (Wildman–Crippen MR) is 79.0 cm³/mol. The number of nitrogens with one attached hydrogen (secondary N) is 1. The van der Waals surface area contributed by atoms with Gasteiger partial charge in [0.15, 0.2) is 4.77 Å². The number of aromatic nitrogens is 4. The van der Waals surface area contributed by atoms with Gasteiger partial charge in [-0.2, -0.15) is 5.10 Å². The van der Waals surface area contributed by atoms with E-state index in [2.05, 4.69) is 14.6 Å². The topological polar surface area (TPSA) is 38.5 Å². The number of H-pyrrole nitrogens is 1. The molecule has 0 spiro atoms. The van der Waals surface area contributed by atoms with E-state index in [1.807, 2.05) is 36.0 Å². The zero-order valence-electron chi connectivity index (χ0n) is 10.4. The van der Waals surface area contributed by atoms with Gasteiger partial charge in [-0.3, -0.25) is 4.68 Å². The summed E-state index contributed by atoms with van der Waals surface area (Å²) in [5.41, 5.74) is 3.23. The third-order valence-corrected chi connectivity index (χ3v) is 3.81. The first-order valence-corrected chi connectivity index (χ1v) is 6.79. The summed E-state index contributed by atoms with van der Waals surface area (Å²) >= 11 is 11.4. The van der Waals surface area contributed by atoms with Gasteiger partial charge in [0.25, 0.3) is 0 Å². The maximum absolute atomic E-state index is 6.05. The number of aromatic amines is 1. The van der Waals surface area contributed by atoms with Gasteiger partial charge >= 0.3 is 0 Å². The third kappa shape index (κ3) is 2.31. The first kappa shape index (κ1) is 12.4. The number of hydrogen-bond acceptors (Lipinski definition) is 2. The average molecular weight is 293 g/mol. The highest BCUT2D eigenvalue weighted by molar-refractivity contribution is 7.71. The van der Waals surface area contributed by atoms with Crippen LogP contribution in [0.3, 0.4) is 0 Å². The fourth-order valence-corrected chi connectivity index (χ4v) is 2.69. The summed E-state index contributed by atoms with van der Waals surface area (Å²) in [4.78, 5) is 3.20. The van der Waals surface area contributed by atoms with Crippen LogP contribution >= 0.6 is 23.8 Å². The van der Waals surface area contributed by atoms with Gasteiger partial charge in [-0.05, 0) is 36.5 Å². The number of halogens is 1. The molecular formula is C13H13ClN4S. The molecule has 0 aliphatic rings. The molecule has 0 aliphatic heterocycles. The summed E-state index contributed by atoms with van der Waals surface area (Å²) in [5, 5.41) is 4.89. The van der Waals surface area contributed by atoms with Crippen LogP contribution in [0.2, 0.25) is 5.02 Å². The Morgan fingerprint density at radius 1 is 1.37 bits per heavy atom. The molecule has 0 bridgehead atoms. The van der Waals surface area contributed by atoms with Crippen molar-refractivity contribution in [3.63, 3.8) is 0 Å². The summed E-state index contributed by atoms with van der Waals surface area (Å²) in [6.07, 6.45) is 2.69. The van der Waals surface area contributed by atoms with Gasteiger partial charge in [0.2, 0.25) is 0 Å². The number of nitrogens with zero attached hydrogens (tertiary/aromatic N) is 3. The second kappa shape index (κ2) is 4.83. The van der Waals surface area contributed by atoms with E-state index in [9.17, 15) is 0 Å². The lowest BCUT2D eigenvalue weighted by molar-refractivity contribution is 0.642. The lowest BCUT2D eigenvalue weighted by Gasteiger charge is -2.05. The van der Waals surface area contributed by atoms with E-state index in [4.69, 9.17) is 23.8 Å². The van der Waals surface area contributed by atoms with E-state index in [1.165, 1.54) is 5.69 Å². The lowest BCUT2D eigenvalue weighted by atomic mass is 10.3. The van der Waals surface area contributed by atoms with E-state index in [1.54, 1.807) is 6.20 Å². The van der Waals surface area contributed by atoms with E-state index in [-0.39, 0.29) is 0 Å². The van der Waals surface area contributed by atoms with E-state index in [0.29, 0.717) is 0 Å². The van der Waals surface area contributed by atoms with Crippen molar-refractivity contribution in [1.29, 1.82) is 0 Å². The molecule has 0 unspecified atom stereocenters. The molecule has 3 aromatic rings. The van der Waals surface area contributed by atoms with Crippen LogP contribution in [0.15, 0.2) is 30.5 Å². The van der Waals surface area contributed by atoms with Crippen molar-refractivity contribution in [3.05, 3.63) is 45.9 Å². The Morgan fingerprint density at radius 3 is 2.95 bits per heavy atom. The predicted octanol–water partition coefficient (Wildman–Crippen LogP) is 3.33. The first-order chi connectivity index (χ1) is 9.15. The van der Waals surface area contributed by atoms with Crippen LogP contribution in [-0.2, 0) is 20.0 Å². The standard InChI is InChI=1S/C13H13ClN4S/c1-17-10(4-6-15-17)5-7-18-12-8-9(14)2-3-11(12)16-13(18)19/h2-4,6,8H,5,7H2,1H3,(H,16,19). The molecule has 98 valence electrons. The molecule has 19 heavy (non-hydrogen) atoms. The summed E-state index contributed by atoms with van der Waals surface area (Å²) < 4.78 is 4.68. The van der Waals surface area contributed by atoms with Crippen molar-refractivity contribution in [3.8, 4) is 0 Å². The molecule has 1 aromatic carbocycles. The molecule has 0 amide bonds. The molecule has 0 atom stereocenters. The Hall–Kier alpha value is -1.59. The molecule has 3 rings (SSSR count). The van der Waals surface area contributed by atoms with Crippen LogP contribution in [0.4, 0.5) is 0 Å². The Balaban J connectivity index is 1.96. The quantitative estimate of drug-likeness (QED) is 0.752. The van der Waals surface area contributed by atoms with Crippen molar-refractivity contribution >= 4 is 34.9 Å². The highest BCUT2D eigenvalue weighted by atomic mass is 35.5. The van der Waals surface area contributed by atoms with Crippen molar-refractivity contribution in [1.82, 2.24) is 19.3 Å². The number of benzene rings is 1. The second-order valence-electron chi connectivity index (χ2n) is 4.44. The van der Waals surface area contributed by atoms with Gasteiger partial charge in [0.05, 0.1) is 11.0 Å². The van der Waals surface area contributed by atoms with Crippen LogP contribution in [0.25, 0.3) is 11.0 Å². The number of aryl methyl sites for hydroxylation is 3. The molecule has 0 saturated heterocycles. The lowest BCUT2D eigenvalue weighted by Crippen LogP contribution is -2.05. The molecule has 0 radical (unpaired) electrons. The second-order valence-corrected chi connectivity index (χ2v) is 5.26. The normalized spacial score (nSPS) is 11.3. The Bertz CT molecular complexity index is 783. The molecule has 1 N–H and O–H groups in total. The van der Waals surface area contributed by atoms with Gasteiger partial charge in [-0.1, -0.05) is 11.6 Å². The first-order valence-electron chi connectivity index (χ1n) is 6.00. The maximum atomic E-state index is 6.05. The fraction of sp³-hybridized carbons (Fsp3) is 0.231. The molecule has 0 aliphatic carbocycles. The van der Waals surface area contributed by atoms with Gasteiger partial charge in [0.1, 0.15) is 0 Å². The van der Waals surface area contributed by atoms with E-state index < -0.39 is 0 Å². The molecule has 0 saturated carbocycles. The maximum Gasteiger partial charge on any atom is 0.178 e. The average Bonchev–Trinajstić information content (AvgIpc) is 2.90. The molecule has 2 heterocycles. The highest BCUT2D eigenvalue weighted by Gasteiger charge is 2.06. The molecule has 6 heteroatoms. The minimum absolute atomic E-state index is 0.718. The van der Waals surface area contributed by atoms with Crippen LogP contribution in [0.1, 0.15) is 5.69 Å². The Labute approximate surface area is 120 Å². The largest absolute Gasteiger partial charge is 0.331 e. The van der Waals surface area contributed by atoms with E-state index in [0.717, 1.165) is 33.8 Å². The zero-order chi connectivity index (χ0) is 13.4. The van der Waals surface area contributed by atoms with Gasteiger partial charge in [-0.25, -0.2) is 0 Å². The van der Waals surface area contributed by atoms with Crippen LogP contribution in [-0.4, -0.2) is 19.3 Å². The monoisotopic (exact) mass is 292 g/mol. The summed E-state index contributed by atoms with van der Waals surface area (Å²) in [6.45, 7) is 0.804. The van der Waals surface area contributed by atoms with Crippen molar-refractivity contribution in [2.45, 2.75) is 13.0 Å². The summed E-state index contributed by atoms with van der Waals surface area (Å²) in [5.74, 6) is 0. The zero-order valence-corrected chi connectivity index (χ0v) is 12.0. The van der Waals surface area contributed by atoms with Crippen LogP contribution in [0, 0.1) is 4.77 Å². The number of imidazole rings is 1. The molecular weight excluding hydrogens is 280 g/mol. The number of hydrogen-bond donors (Lipinski definition) is 1. The van der Waals surface area contributed by atoms with Crippen molar-refractivity contribution < 1.29 is 0 Å². The molecule has 4 nitrogen and oxygen atoms in total. The number of rotatable bonds is 3. The molecule has 2 aromatic heterocycles. The van der Waals surface area contributed by atoms with Gasteiger partial charge in [-0.15, -0.1) is 0 Å². The minimum Gasteiger partial charge on any atom is -0.331 e. The molecule has 0 fully saturated rings. The summed E-state index contributed by atoms with van der Waals surface area (Å²) in [6, 6.07) is 7.77. The van der Waals surface area contributed by atoms with Crippen LogP contribution in [0.5, 0.6) is 0 Å². The van der Waals surface area contributed by atoms with Gasteiger partial charge < -0.3 is 9.55 Å². The third-order valence-electron chi connectivity index (χ3n) is 3.25. The smallest absolute Gasteiger partial charge is 0.178 e. The Kier molecular flexibility index (Phi) is 3.16. The SMILES string of the molecule is Cn1nccc1CCn1c(=S)[nH]c2ccc(Cl)cc21. The Morgan fingerprint density at radius 2 is 2.21 bits per heavy atom. The fourth-order valence-electron chi connectivity index (χ4n) is 2.22. The number of fused-ring (bicyclic) bond motifs is 1. The minimum atomic E-state index is 0.718. The summed E-state index contributed by atoms with van der Waals surface area (Å²) in [7, 11) is 1.95.